The lowest BCUT2D eigenvalue weighted by molar-refractivity contribution is -0.543. The van der Waals surface area contributed by atoms with Gasteiger partial charge >= 0.3 is 17.6 Å². The SMILES string of the molecule is Cc1c(-c2cccc([N+]#CC3CCN(S(=O)(=O)Cc4cccc(NC[N+](=O)CCCc5ccc6c7c(cccc57)C(=O)N6C5CCC(=O)NC5=O)c4)C(C)(C)C3)c2)sc(C(=O)O)c1OCC(=O)O. The quantitative estimate of drug-likeness (QED) is 0.0427. The summed E-state index contributed by atoms with van der Waals surface area (Å²) in [7, 11) is -3.77. The Morgan fingerprint density at radius 3 is 2.56 bits per heavy atom. The van der Waals surface area contributed by atoms with Crippen LogP contribution in [0, 0.1) is 23.8 Å². The summed E-state index contributed by atoms with van der Waals surface area (Å²) in [6.45, 7) is 5.21. The molecule has 352 valence electrons. The maximum atomic E-state index is 13.9. The fourth-order valence-corrected chi connectivity index (χ4v) is 12.5. The van der Waals surface area contributed by atoms with Crippen LogP contribution in [0.25, 0.3) is 26.1 Å². The maximum Gasteiger partial charge on any atom is 0.349 e. The van der Waals surface area contributed by atoms with E-state index < -0.39 is 46.1 Å². The zero-order valence-corrected chi connectivity index (χ0v) is 39.2. The summed E-state index contributed by atoms with van der Waals surface area (Å²) in [5.74, 6) is -3.93. The van der Waals surface area contributed by atoms with Crippen LogP contribution in [0.1, 0.15) is 82.7 Å². The number of nitrogens with zero attached hydrogens (tertiary/aromatic N) is 4. The van der Waals surface area contributed by atoms with E-state index >= 15 is 0 Å². The molecule has 4 N–H and O–H groups in total. The topological polar surface area (TPSA) is 224 Å². The summed E-state index contributed by atoms with van der Waals surface area (Å²) < 4.78 is 35.7. The van der Waals surface area contributed by atoms with Crippen molar-refractivity contribution in [1.29, 1.82) is 0 Å². The highest BCUT2D eigenvalue weighted by Crippen LogP contribution is 2.44. The second-order valence-electron chi connectivity index (χ2n) is 17.8. The van der Waals surface area contributed by atoms with Gasteiger partial charge in [0, 0.05) is 73.8 Å². The lowest BCUT2D eigenvalue weighted by atomic mass is 9.85. The van der Waals surface area contributed by atoms with Crippen molar-refractivity contribution >= 4 is 78.9 Å². The first-order valence-corrected chi connectivity index (χ1v) is 24.6. The average Bonchev–Trinajstić information content (AvgIpc) is 3.77. The number of carboxylic acid groups (broad SMARTS) is 2. The summed E-state index contributed by atoms with van der Waals surface area (Å²) in [5.41, 5.74) is 4.27. The largest absolute Gasteiger partial charge is 0.480 e. The van der Waals surface area contributed by atoms with Gasteiger partial charge in [-0.25, -0.2) is 18.0 Å². The number of sulfonamides is 1. The highest BCUT2D eigenvalue weighted by Gasteiger charge is 2.43. The first-order chi connectivity index (χ1) is 32.4. The predicted molar refractivity (Wildman–Crippen MR) is 256 cm³/mol. The average molecular weight is 963 g/mol. The number of carbonyl (C=O) groups is 5. The number of hydrogen-bond acceptors (Lipinski definition) is 11. The molecule has 2 unspecified atom stereocenters. The van der Waals surface area contributed by atoms with Crippen LogP contribution >= 0.6 is 11.3 Å². The number of carbonyl (C=O) groups excluding carboxylic acids is 3. The fraction of sp³-hybridized carbons (Fsp3) is 0.347. The van der Waals surface area contributed by atoms with Gasteiger partial charge in [-0.05, 0) is 97.6 Å². The Hall–Kier alpha value is -7.01. The summed E-state index contributed by atoms with van der Waals surface area (Å²) in [6.07, 6.45) is 2.46. The first-order valence-electron chi connectivity index (χ1n) is 22.2. The summed E-state index contributed by atoms with van der Waals surface area (Å²) in [6, 6.07) is 25.8. The zero-order valence-electron chi connectivity index (χ0n) is 37.6. The number of nitrogens with one attached hydrogen (secondary N) is 2. The van der Waals surface area contributed by atoms with Crippen molar-refractivity contribution in [3.8, 4) is 22.3 Å². The summed E-state index contributed by atoms with van der Waals surface area (Å²) in [5, 5.41) is 25.9. The molecule has 0 radical (unpaired) electrons. The van der Waals surface area contributed by atoms with Crippen LogP contribution in [-0.4, -0.2) is 95.3 Å². The van der Waals surface area contributed by atoms with E-state index in [1.165, 1.54) is 9.21 Å². The number of imide groups is 1. The maximum absolute atomic E-state index is 13.9. The van der Waals surface area contributed by atoms with E-state index in [1.54, 1.807) is 67.6 Å². The molecule has 19 heteroatoms. The molecule has 8 rings (SSSR count). The number of rotatable bonds is 16. The second-order valence-corrected chi connectivity index (χ2v) is 20.7. The third-order valence-electron chi connectivity index (χ3n) is 12.5. The number of piperidine rings is 2. The molecule has 2 fully saturated rings. The minimum absolute atomic E-state index is 0.0152. The summed E-state index contributed by atoms with van der Waals surface area (Å²) >= 11 is 0.987. The molecular formula is C49H50N6O11S2+2. The number of ether oxygens (including phenoxy) is 1. The Morgan fingerprint density at radius 2 is 1.81 bits per heavy atom. The van der Waals surface area contributed by atoms with Gasteiger partial charge in [-0.2, -0.15) is 4.31 Å². The zero-order chi connectivity index (χ0) is 48.5. The predicted octanol–water partition coefficient (Wildman–Crippen LogP) is 7.57. The van der Waals surface area contributed by atoms with Crippen molar-refractivity contribution in [2.45, 2.75) is 76.6 Å². The van der Waals surface area contributed by atoms with Crippen LogP contribution in [0.4, 0.5) is 17.1 Å². The van der Waals surface area contributed by atoms with E-state index in [4.69, 9.17) is 9.84 Å². The molecule has 3 aliphatic heterocycles. The number of aliphatic carboxylic acids is 1. The minimum atomic E-state index is -3.77. The van der Waals surface area contributed by atoms with E-state index in [0.717, 1.165) is 32.4 Å². The number of carboxylic acids is 2. The van der Waals surface area contributed by atoms with E-state index in [-0.39, 0.29) is 66.7 Å². The number of anilines is 2. The Morgan fingerprint density at radius 1 is 1.03 bits per heavy atom. The number of thiophene rings is 1. The van der Waals surface area contributed by atoms with Crippen LogP contribution in [0.15, 0.2) is 78.9 Å². The fourth-order valence-electron chi connectivity index (χ4n) is 9.40. The van der Waals surface area contributed by atoms with Crippen LogP contribution in [0.3, 0.4) is 0 Å². The molecule has 0 aliphatic carbocycles. The van der Waals surface area contributed by atoms with Gasteiger partial charge in [-0.15, -0.1) is 11.3 Å². The number of aryl methyl sites for hydroxylation is 1. The Balaban J connectivity index is 0.841. The van der Waals surface area contributed by atoms with Crippen molar-refractivity contribution in [1.82, 2.24) is 9.62 Å². The molecule has 5 aromatic rings. The van der Waals surface area contributed by atoms with Gasteiger partial charge in [-0.1, -0.05) is 42.5 Å². The van der Waals surface area contributed by atoms with Gasteiger partial charge in [0.15, 0.2) is 18.0 Å². The normalized spacial score (nSPS) is 17.9. The minimum Gasteiger partial charge on any atom is -0.480 e. The van der Waals surface area contributed by atoms with Crippen LogP contribution in [0.5, 0.6) is 5.75 Å². The van der Waals surface area contributed by atoms with Crippen LogP contribution in [-0.2, 0) is 36.6 Å². The smallest absolute Gasteiger partial charge is 0.349 e. The molecule has 4 heterocycles. The Labute approximate surface area is 396 Å². The van der Waals surface area contributed by atoms with Crippen molar-refractivity contribution in [3.05, 3.63) is 116 Å². The number of amides is 3. The molecule has 68 heavy (non-hydrogen) atoms. The molecule has 2 saturated heterocycles. The lowest BCUT2D eigenvalue weighted by Crippen LogP contribution is -2.53. The van der Waals surface area contributed by atoms with Gasteiger partial charge in [0.2, 0.25) is 21.8 Å². The van der Waals surface area contributed by atoms with Gasteiger partial charge in [0.25, 0.3) is 18.6 Å². The molecule has 17 nitrogen and oxygen atoms in total. The molecule has 0 bridgehead atoms. The first kappa shape index (κ1) is 47.5. The molecule has 3 aliphatic rings. The van der Waals surface area contributed by atoms with E-state index in [1.807, 2.05) is 32.0 Å². The number of nitroso groups, excluding NO2 is 1. The number of hydrogen-bond donors (Lipinski definition) is 4. The Kier molecular flexibility index (Phi) is 13.5. The number of benzene rings is 4. The molecule has 1 aromatic heterocycles. The molecule has 0 saturated carbocycles. The molecule has 2 atom stereocenters. The van der Waals surface area contributed by atoms with E-state index in [0.29, 0.717) is 69.9 Å². The molecular weight excluding hydrogens is 913 g/mol. The van der Waals surface area contributed by atoms with Crippen molar-refractivity contribution in [2.24, 2.45) is 5.92 Å². The highest BCUT2D eigenvalue weighted by molar-refractivity contribution is 7.88. The number of aromatic carboxylic acids is 1. The van der Waals surface area contributed by atoms with Gasteiger partial charge in [0.05, 0.1) is 17.4 Å². The lowest BCUT2D eigenvalue weighted by Gasteiger charge is -2.42. The van der Waals surface area contributed by atoms with Gasteiger partial charge < -0.3 is 20.3 Å². The molecule has 0 spiro atoms. The monoisotopic (exact) mass is 962 g/mol. The molecule has 3 amide bonds. The van der Waals surface area contributed by atoms with Gasteiger partial charge in [-0.3, -0.25) is 24.6 Å². The standard InChI is InChI=1S/C49H48N6O11S2/c1-29-43(66-26-41(57)58)45(48(61)62)67-44(29)33-9-5-12-35(23-33)50-25-31-19-21-54(49(2,3)24-31)68(64,65)27-30-8-4-11-34(22-30)51-28-53(63)20-7-10-32-15-16-38-42-36(32)13-6-14-37(42)47(60)55(38)39-17-18-40(56)52-46(39)59/h4-6,8-9,11-16,22-23,31,39,51H,7,10,17-21,24,26-28H2,1-3H3,(H-2,52,56,57,58,59,61,62)/p+2. The summed E-state index contributed by atoms with van der Waals surface area (Å²) in [4.78, 5) is 80.6. The highest BCUT2D eigenvalue weighted by atomic mass is 32.2. The van der Waals surface area contributed by atoms with E-state index in [2.05, 4.69) is 21.5 Å². The Bertz CT molecular complexity index is 3080. The second kappa shape index (κ2) is 19.3. The van der Waals surface area contributed by atoms with Crippen molar-refractivity contribution < 1.29 is 52.1 Å². The van der Waals surface area contributed by atoms with Crippen LogP contribution < -0.4 is 20.3 Å². The van der Waals surface area contributed by atoms with E-state index in [9.17, 15) is 42.4 Å². The third kappa shape index (κ3) is 9.98. The van der Waals surface area contributed by atoms with Crippen molar-refractivity contribution in [3.63, 3.8) is 0 Å². The third-order valence-corrected chi connectivity index (χ3v) is 15.8. The van der Waals surface area contributed by atoms with Crippen LogP contribution in [0.2, 0.25) is 0 Å². The van der Waals surface area contributed by atoms with Gasteiger partial charge in [0.1, 0.15) is 11.8 Å². The van der Waals surface area contributed by atoms with Crippen molar-refractivity contribution in [2.75, 3.05) is 36.6 Å². The molecule has 4 aromatic carbocycles.